The summed E-state index contributed by atoms with van der Waals surface area (Å²) >= 11 is 0. The monoisotopic (exact) mass is 325 g/mol. The van der Waals surface area contributed by atoms with Crippen LogP contribution in [0.25, 0.3) is 0 Å². The molecule has 1 amide bonds. The van der Waals surface area contributed by atoms with E-state index in [-0.39, 0.29) is 17.7 Å². The Kier molecular flexibility index (Phi) is 3.79. The fraction of sp³-hybridized carbons (Fsp3) is 0.474. The lowest BCUT2D eigenvalue weighted by Gasteiger charge is -2.43. The summed E-state index contributed by atoms with van der Waals surface area (Å²) in [4.78, 5) is 19.6. The van der Waals surface area contributed by atoms with Gasteiger partial charge >= 0.3 is 0 Å². The standard InChI is InChI=1S/C19H23N3O2/c1-21-12-20-19-15-6-3-9-22(16(15)7-8-17(19)21)18(24)11-13-4-2-5-14(23)10-13/h2,4-5,10,12,15-16,23H,3,6-9,11H2,1H3. The van der Waals surface area contributed by atoms with Crippen LogP contribution in [0, 0.1) is 0 Å². The normalized spacial score (nSPS) is 22.8. The number of aryl methyl sites for hydroxylation is 1. The molecule has 0 radical (unpaired) electrons. The number of benzene rings is 1. The molecule has 1 saturated heterocycles. The van der Waals surface area contributed by atoms with Crippen molar-refractivity contribution in [3.05, 3.63) is 47.5 Å². The van der Waals surface area contributed by atoms with Crippen LogP contribution in [-0.4, -0.2) is 38.1 Å². The number of rotatable bonds is 2. The molecule has 5 heteroatoms. The zero-order valence-corrected chi connectivity index (χ0v) is 14.0. The van der Waals surface area contributed by atoms with Gasteiger partial charge in [0.05, 0.1) is 18.4 Å². The van der Waals surface area contributed by atoms with Crippen LogP contribution in [0.4, 0.5) is 0 Å². The average Bonchev–Trinajstić information content (AvgIpc) is 2.96. The van der Waals surface area contributed by atoms with Crippen molar-refractivity contribution < 1.29 is 9.90 Å². The lowest BCUT2D eigenvalue weighted by molar-refractivity contribution is -0.135. The van der Waals surface area contributed by atoms with Crippen LogP contribution in [0.2, 0.25) is 0 Å². The number of amides is 1. The van der Waals surface area contributed by atoms with E-state index < -0.39 is 0 Å². The number of hydrogen-bond donors (Lipinski definition) is 1. The summed E-state index contributed by atoms with van der Waals surface area (Å²) in [6, 6.07) is 7.27. The van der Waals surface area contributed by atoms with Gasteiger partial charge in [-0.05, 0) is 43.4 Å². The molecule has 24 heavy (non-hydrogen) atoms. The number of hydrogen-bond acceptors (Lipinski definition) is 3. The Balaban J connectivity index is 1.55. The van der Waals surface area contributed by atoms with Gasteiger partial charge in [-0.1, -0.05) is 12.1 Å². The van der Waals surface area contributed by atoms with Gasteiger partial charge in [-0.3, -0.25) is 4.79 Å². The van der Waals surface area contributed by atoms with Gasteiger partial charge < -0.3 is 14.6 Å². The Labute approximate surface area is 141 Å². The smallest absolute Gasteiger partial charge is 0.227 e. The molecule has 2 aliphatic rings. The van der Waals surface area contributed by atoms with E-state index in [1.54, 1.807) is 18.2 Å². The number of carbonyl (C=O) groups is 1. The Morgan fingerprint density at radius 3 is 3.08 bits per heavy atom. The van der Waals surface area contributed by atoms with E-state index in [0.717, 1.165) is 37.8 Å². The largest absolute Gasteiger partial charge is 0.508 e. The maximum Gasteiger partial charge on any atom is 0.227 e. The Morgan fingerprint density at radius 1 is 1.38 bits per heavy atom. The van der Waals surface area contributed by atoms with Crippen molar-refractivity contribution in [1.82, 2.24) is 14.5 Å². The van der Waals surface area contributed by atoms with Gasteiger partial charge in [0.25, 0.3) is 0 Å². The van der Waals surface area contributed by atoms with E-state index in [1.807, 2.05) is 12.4 Å². The third-order valence-electron chi connectivity index (χ3n) is 5.48. The van der Waals surface area contributed by atoms with Crippen LogP contribution in [0.1, 0.15) is 42.1 Å². The molecule has 1 aromatic carbocycles. The van der Waals surface area contributed by atoms with E-state index in [1.165, 1.54) is 11.4 Å². The Morgan fingerprint density at radius 2 is 2.25 bits per heavy atom. The number of fused-ring (bicyclic) bond motifs is 3. The number of carbonyl (C=O) groups excluding carboxylic acids is 1. The fourth-order valence-electron chi connectivity index (χ4n) is 4.36. The van der Waals surface area contributed by atoms with E-state index in [9.17, 15) is 9.90 Å². The molecule has 0 saturated carbocycles. The molecule has 2 unspecified atom stereocenters. The Bertz CT molecular complexity index is 768. The molecule has 1 aliphatic heterocycles. The van der Waals surface area contributed by atoms with Crippen LogP contribution in [0.5, 0.6) is 5.75 Å². The second-order valence-electron chi connectivity index (χ2n) is 6.98. The zero-order chi connectivity index (χ0) is 16.7. The summed E-state index contributed by atoms with van der Waals surface area (Å²) in [5.41, 5.74) is 3.40. The van der Waals surface area contributed by atoms with Crippen LogP contribution in [-0.2, 0) is 24.7 Å². The SMILES string of the molecule is Cn1cnc2c1CCC1C2CCCN1C(=O)Cc1cccc(O)c1. The summed E-state index contributed by atoms with van der Waals surface area (Å²) in [5, 5.41) is 9.60. The third-order valence-corrected chi connectivity index (χ3v) is 5.48. The molecule has 4 rings (SSSR count). The van der Waals surface area contributed by atoms with Gasteiger partial charge in [-0.15, -0.1) is 0 Å². The summed E-state index contributed by atoms with van der Waals surface area (Å²) in [7, 11) is 2.06. The molecule has 5 nitrogen and oxygen atoms in total. The van der Waals surface area contributed by atoms with Crippen LogP contribution >= 0.6 is 0 Å². The number of piperidine rings is 1. The average molecular weight is 325 g/mol. The van der Waals surface area contributed by atoms with Gasteiger partial charge in [0.1, 0.15) is 5.75 Å². The second kappa shape index (κ2) is 5.96. The minimum absolute atomic E-state index is 0.162. The predicted octanol–water partition coefficient (Wildman–Crippen LogP) is 2.39. The van der Waals surface area contributed by atoms with Gasteiger partial charge in [-0.2, -0.15) is 0 Å². The van der Waals surface area contributed by atoms with Gasteiger partial charge in [-0.25, -0.2) is 4.98 Å². The number of likely N-dealkylation sites (tertiary alicyclic amines) is 1. The maximum absolute atomic E-state index is 12.9. The van der Waals surface area contributed by atoms with E-state index in [2.05, 4.69) is 21.5 Å². The van der Waals surface area contributed by atoms with Crippen molar-refractivity contribution in [1.29, 1.82) is 0 Å². The van der Waals surface area contributed by atoms with Crippen molar-refractivity contribution in [3.8, 4) is 5.75 Å². The number of imidazole rings is 1. The molecular weight excluding hydrogens is 302 g/mol. The summed E-state index contributed by atoms with van der Waals surface area (Å²) in [6.07, 6.45) is 6.41. The van der Waals surface area contributed by atoms with Gasteiger partial charge in [0, 0.05) is 31.2 Å². The molecule has 1 aromatic heterocycles. The predicted molar refractivity (Wildman–Crippen MR) is 90.8 cm³/mol. The molecule has 2 aromatic rings. The first-order chi connectivity index (χ1) is 11.6. The minimum atomic E-state index is 0.162. The van der Waals surface area contributed by atoms with Gasteiger partial charge in [0.2, 0.25) is 5.91 Å². The number of nitrogens with zero attached hydrogens (tertiary/aromatic N) is 3. The topological polar surface area (TPSA) is 58.4 Å². The molecule has 1 fully saturated rings. The zero-order valence-electron chi connectivity index (χ0n) is 14.0. The molecule has 1 N–H and O–H groups in total. The second-order valence-corrected chi connectivity index (χ2v) is 6.98. The van der Waals surface area contributed by atoms with Crippen molar-refractivity contribution >= 4 is 5.91 Å². The molecule has 0 bridgehead atoms. The van der Waals surface area contributed by atoms with Crippen LogP contribution < -0.4 is 0 Å². The highest BCUT2D eigenvalue weighted by Crippen LogP contribution is 2.40. The molecule has 1 aliphatic carbocycles. The number of phenolic OH excluding ortho intramolecular Hbond substituents is 1. The fourth-order valence-corrected chi connectivity index (χ4v) is 4.36. The first-order valence-electron chi connectivity index (χ1n) is 8.71. The first kappa shape index (κ1) is 15.2. The van der Waals surface area contributed by atoms with E-state index in [0.29, 0.717) is 12.3 Å². The van der Waals surface area contributed by atoms with Crippen molar-refractivity contribution in [2.45, 2.75) is 44.1 Å². The number of aromatic nitrogens is 2. The summed E-state index contributed by atoms with van der Waals surface area (Å²) in [6.45, 7) is 0.834. The minimum Gasteiger partial charge on any atom is -0.508 e. The number of aromatic hydroxyl groups is 1. The molecule has 126 valence electrons. The molecule has 0 spiro atoms. The maximum atomic E-state index is 12.9. The lowest BCUT2D eigenvalue weighted by atomic mass is 9.78. The highest BCUT2D eigenvalue weighted by molar-refractivity contribution is 5.79. The lowest BCUT2D eigenvalue weighted by Crippen LogP contribution is -2.50. The highest BCUT2D eigenvalue weighted by atomic mass is 16.3. The molecule has 2 heterocycles. The van der Waals surface area contributed by atoms with E-state index >= 15 is 0 Å². The summed E-state index contributed by atoms with van der Waals surface area (Å²) in [5.74, 6) is 0.749. The highest BCUT2D eigenvalue weighted by Gasteiger charge is 2.40. The van der Waals surface area contributed by atoms with Crippen LogP contribution in [0.15, 0.2) is 30.6 Å². The van der Waals surface area contributed by atoms with Crippen molar-refractivity contribution in [2.24, 2.45) is 7.05 Å². The summed E-state index contributed by atoms with van der Waals surface area (Å²) < 4.78 is 2.12. The third kappa shape index (κ3) is 2.58. The van der Waals surface area contributed by atoms with Crippen molar-refractivity contribution in [2.75, 3.05) is 6.54 Å². The quantitative estimate of drug-likeness (QED) is 0.922. The van der Waals surface area contributed by atoms with Crippen LogP contribution in [0.3, 0.4) is 0 Å². The number of phenols is 1. The van der Waals surface area contributed by atoms with Crippen molar-refractivity contribution in [3.63, 3.8) is 0 Å². The van der Waals surface area contributed by atoms with E-state index in [4.69, 9.17) is 0 Å². The molecular formula is C19H23N3O2. The molecule has 2 atom stereocenters. The van der Waals surface area contributed by atoms with Gasteiger partial charge in [0.15, 0.2) is 0 Å². The first-order valence-corrected chi connectivity index (χ1v) is 8.71. The Hall–Kier alpha value is -2.30.